The minimum Gasteiger partial charge on any atom is -0.457 e. The summed E-state index contributed by atoms with van der Waals surface area (Å²) in [6, 6.07) is 18.5. The topological polar surface area (TPSA) is 71.1 Å². The van der Waals surface area contributed by atoms with E-state index in [1.54, 1.807) is 54.6 Å². The molecule has 2 aromatic carbocycles. The van der Waals surface area contributed by atoms with E-state index in [1.165, 1.54) is 18.2 Å². The molecule has 4 nitrogen and oxygen atoms in total. The van der Waals surface area contributed by atoms with Gasteiger partial charge < -0.3 is 4.42 Å². The summed E-state index contributed by atoms with van der Waals surface area (Å²) in [5.74, 6) is 0.833. The Balaban J connectivity index is 1.96. The third-order valence-electron chi connectivity index (χ3n) is 3.76. The van der Waals surface area contributed by atoms with Crippen LogP contribution in [0.2, 0.25) is 5.02 Å². The van der Waals surface area contributed by atoms with E-state index in [-0.39, 0.29) is 15.6 Å². The molecule has 0 N–H and O–H groups in total. The van der Waals surface area contributed by atoms with E-state index in [0.717, 1.165) is 11.1 Å². The van der Waals surface area contributed by atoms with E-state index in [0.29, 0.717) is 10.8 Å². The third-order valence-corrected chi connectivity index (χ3v) is 5.69. The molecule has 0 unspecified atom stereocenters. The van der Waals surface area contributed by atoms with Gasteiger partial charge in [0.15, 0.2) is 4.91 Å². The monoisotopic (exact) mass is 383 g/mol. The Labute approximate surface area is 156 Å². The minimum atomic E-state index is -3.90. The van der Waals surface area contributed by atoms with Crippen molar-refractivity contribution in [3.05, 3.63) is 81.9 Å². The Morgan fingerprint density at radius 3 is 2.31 bits per heavy atom. The highest BCUT2D eigenvalue weighted by molar-refractivity contribution is 7.95. The molecule has 3 aromatic rings. The molecule has 3 rings (SSSR count). The smallest absolute Gasteiger partial charge is 0.216 e. The van der Waals surface area contributed by atoms with Crippen molar-refractivity contribution >= 4 is 27.5 Å². The zero-order valence-corrected chi connectivity index (χ0v) is 15.4. The number of allylic oxidation sites excluding steroid dienone is 1. The Morgan fingerprint density at radius 1 is 1.04 bits per heavy atom. The predicted molar refractivity (Wildman–Crippen MR) is 101 cm³/mol. The van der Waals surface area contributed by atoms with Crippen molar-refractivity contribution in [2.45, 2.75) is 11.8 Å². The van der Waals surface area contributed by atoms with Crippen LogP contribution in [0.3, 0.4) is 0 Å². The average Bonchev–Trinajstić information content (AvgIpc) is 3.09. The van der Waals surface area contributed by atoms with Gasteiger partial charge in [0, 0.05) is 16.7 Å². The highest BCUT2D eigenvalue weighted by Gasteiger charge is 2.21. The SMILES string of the molecule is Cc1ccc(S(=O)(=O)C(C#N)=Cc2ccc(-c3ccc(Cl)cc3)o2)cc1. The van der Waals surface area contributed by atoms with Gasteiger partial charge in [-0.2, -0.15) is 5.26 Å². The fraction of sp³-hybridized carbons (Fsp3) is 0.0500. The molecule has 0 spiro atoms. The summed E-state index contributed by atoms with van der Waals surface area (Å²) in [4.78, 5) is -0.307. The molecule has 0 aliphatic carbocycles. The number of halogens is 1. The number of hydrogen-bond donors (Lipinski definition) is 0. The summed E-state index contributed by atoms with van der Waals surface area (Å²) in [6.07, 6.45) is 1.23. The number of nitriles is 1. The molecule has 0 bridgehead atoms. The maximum Gasteiger partial charge on any atom is 0.216 e. The van der Waals surface area contributed by atoms with Crippen LogP contribution in [-0.2, 0) is 9.84 Å². The highest BCUT2D eigenvalue weighted by atomic mass is 35.5. The maximum atomic E-state index is 12.6. The molecule has 1 aromatic heterocycles. The number of benzene rings is 2. The second-order valence-corrected chi connectivity index (χ2v) is 8.00. The molecule has 0 saturated carbocycles. The first-order valence-corrected chi connectivity index (χ1v) is 9.55. The Hall–Kier alpha value is -2.81. The number of rotatable bonds is 4. The van der Waals surface area contributed by atoms with Crippen LogP contribution in [0.4, 0.5) is 0 Å². The van der Waals surface area contributed by atoms with Crippen molar-refractivity contribution in [3.63, 3.8) is 0 Å². The van der Waals surface area contributed by atoms with E-state index in [2.05, 4.69) is 0 Å². The first kappa shape index (κ1) is 18.0. The van der Waals surface area contributed by atoms with Crippen molar-refractivity contribution in [1.29, 1.82) is 5.26 Å². The lowest BCUT2D eigenvalue weighted by atomic mass is 10.2. The molecule has 0 fully saturated rings. The number of aryl methyl sites for hydroxylation is 1. The van der Waals surface area contributed by atoms with Crippen molar-refractivity contribution < 1.29 is 12.8 Å². The predicted octanol–water partition coefficient (Wildman–Crippen LogP) is 5.25. The molecule has 0 atom stereocenters. The van der Waals surface area contributed by atoms with Crippen molar-refractivity contribution in [3.8, 4) is 17.4 Å². The Kier molecular flexibility index (Phi) is 4.99. The summed E-state index contributed by atoms with van der Waals surface area (Å²) in [5, 5.41) is 9.95. The number of hydrogen-bond acceptors (Lipinski definition) is 4. The summed E-state index contributed by atoms with van der Waals surface area (Å²) in [6.45, 7) is 1.86. The highest BCUT2D eigenvalue weighted by Crippen LogP contribution is 2.27. The molecule has 0 radical (unpaired) electrons. The molecular weight excluding hydrogens is 370 g/mol. The van der Waals surface area contributed by atoms with Crippen LogP contribution in [0.25, 0.3) is 17.4 Å². The van der Waals surface area contributed by atoms with E-state index in [1.807, 2.05) is 6.92 Å². The van der Waals surface area contributed by atoms with Crippen LogP contribution in [0, 0.1) is 18.3 Å². The number of furan rings is 1. The third kappa shape index (κ3) is 3.72. The summed E-state index contributed by atoms with van der Waals surface area (Å²) >= 11 is 5.87. The average molecular weight is 384 g/mol. The van der Waals surface area contributed by atoms with Crippen LogP contribution >= 0.6 is 11.6 Å². The fourth-order valence-electron chi connectivity index (χ4n) is 2.34. The zero-order valence-electron chi connectivity index (χ0n) is 13.8. The zero-order chi connectivity index (χ0) is 18.7. The second kappa shape index (κ2) is 7.20. The lowest BCUT2D eigenvalue weighted by Crippen LogP contribution is -2.03. The Bertz CT molecular complexity index is 1100. The van der Waals surface area contributed by atoms with Crippen molar-refractivity contribution in [2.75, 3.05) is 0 Å². The maximum absolute atomic E-state index is 12.6. The molecule has 0 aliphatic heterocycles. The first-order chi connectivity index (χ1) is 12.4. The van der Waals surface area contributed by atoms with Crippen LogP contribution in [0.1, 0.15) is 11.3 Å². The van der Waals surface area contributed by atoms with Gasteiger partial charge >= 0.3 is 0 Å². The standard InChI is InChI=1S/C20H14ClNO3S/c1-14-2-9-18(10-3-14)26(23,24)19(13-22)12-17-8-11-20(25-17)15-4-6-16(21)7-5-15/h2-12H,1H3. The molecule has 26 heavy (non-hydrogen) atoms. The molecule has 0 saturated heterocycles. The van der Waals surface area contributed by atoms with Gasteiger partial charge in [-0.3, -0.25) is 0 Å². The van der Waals surface area contributed by atoms with Gasteiger partial charge in [0.25, 0.3) is 0 Å². The minimum absolute atomic E-state index is 0.0698. The Morgan fingerprint density at radius 2 is 1.69 bits per heavy atom. The van der Waals surface area contributed by atoms with Gasteiger partial charge in [-0.1, -0.05) is 29.3 Å². The van der Waals surface area contributed by atoms with Gasteiger partial charge in [0.1, 0.15) is 17.6 Å². The van der Waals surface area contributed by atoms with E-state index < -0.39 is 9.84 Å². The molecule has 130 valence electrons. The molecule has 1 heterocycles. The van der Waals surface area contributed by atoms with Crippen molar-refractivity contribution in [1.82, 2.24) is 0 Å². The normalized spacial score (nSPS) is 12.0. The lowest BCUT2D eigenvalue weighted by Gasteiger charge is -2.03. The summed E-state index contributed by atoms with van der Waals surface area (Å²) < 4.78 is 30.9. The second-order valence-electron chi connectivity index (χ2n) is 5.65. The van der Waals surface area contributed by atoms with Gasteiger partial charge in [-0.15, -0.1) is 0 Å². The van der Waals surface area contributed by atoms with Crippen LogP contribution in [0.15, 0.2) is 74.9 Å². The quantitative estimate of drug-likeness (QED) is 0.577. The summed E-state index contributed by atoms with van der Waals surface area (Å²) in [7, 11) is -3.90. The van der Waals surface area contributed by atoms with Crippen LogP contribution in [0.5, 0.6) is 0 Å². The van der Waals surface area contributed by atoms with Gasteiger partial charge in [-0.05, 0) is 55.5 Å². The number of sulfone groups is 1. The van der Waals surface area contributed by atoms with E-state index in [4.69, 9.17) is 16.0 Å². The lowest BCUT2D eigenvalue weighted by molar-refractivity contribution is 0.571. The fourth-order valence-corrected chi connectivity index (χ4v) is 3.61. The van der Waals surface area contributed by atoms with Crippen LogP contribution in [-0.4, -0.2) is 8.42 Å². The molecule has 0 amide bonds. The van der Waals surface area contributed by atoms with E-state index >= 15 is 0 Å². The van der Waals surface area contributed by atoms with Gasteiger partial charge in [0.05, 0.1) is 4.90 Å². The van der Waals surface area contributed by atoms with E-state index in [9.17, 15) is 13.7 Å². The van der Waals surface area contributed by atoms with Crippen LogP contribution < -0.4 is 0 Å². The largest absolute Gasteiger partial charge is 0.457 e. The number of nitrogens with zero attached hydrogens (tertiary/aromatic N) is 1. The summed E-state index contributed by atoms with van der Waals surface area (Å²) in [5.41, 5.74) is 1.74. The molecule has 0 aliphatic rings. The van der Waals surface area contributed by atoms with Crippen molar-refractivity contribution in [2.24, 2.45) is 0 Å². The molecule has 6 heteroatoms. The molecular formula is C20H14ClNO3S. The van der Waals surface area contributed by atoms with Gasteiger partial charge in [-0.25, -0.2) is 8.42 Å². The van der Waals surface area contributed by atoms with Gasteiger partial charge in [0.2, 0.25) is 9.84 Å². The first-order valence-electron chi connectivity index (χ1n) is 7.69.